The van der Waals surface area contributed by atoms with Crippen LogP contribution in [0.5, 0.6) is 0 Å². The lowest BCUT2D eigenvalue weighted by molar-refractivity contribution is -0.140. The molecular formula is C26H27BrN2O2. The van der Waals surface area contributed by atoms with Crippen LogP contribution in [0.15, 0.2) is 83.3 Å². The second-order valence-electron chi connectivity index (χ2n) is 7.63. The molecule has 0 saturated carbocycles. The molecule has 31 heavy (non-hydrogen) atoms. The molecule has 4 nitrogen and oxygen atoms in total. The van der Waals surface area contributed by atoms with Gasteiger partial charge in [0.1, 0.15) is 6.04 Å². The zero-order chi connectivity index (χ0) is 22.2. The number of halogens is 1. The van der Waals surface area contributed by atoms with Gasteiger partial charge in [0.05, 0.1) is 6.42 Å². The number of hydrogen-bond acceptors (Lipinski definition) is 2. The molecule has 0 aliphatic carbocycles. The van der Waals surface area contributed by atoms with Crippen LogP contribution in [0.25, 0.3) is 0 Å². The summed E-state index contributed by atoms with van der Waals surface area (Å²) in [4.78, 5) is 28.1. The highest BCUT2D eigenvalue weighted by Crippen LogP contribution is 2.18. The van der Waals surface area contributed by atoms with Crippen molar-refractivity contribution < 1.29 is 9.59 Å². The molecule has 0 spiro atoms. The molecule has 2 amide bonds. The van der Waals surface area contributed by atoms with E-state index in [1.807, 2.05) is 85.8 Å². The summed E-state index contributed by atoms with van der Waals surface area (Å²) < 4.78 is 0.973. The third kappa shape index (κ3) is 6.53. The summed E-state index contributed by atoms with van der Waals surface area (Å²) in [6.07, 6.45) is 0.704. The van der Waals surface area contributed by atoms with E-state index in [-0.39, 0.29) is 18.2 Å². The molecular weight excluding hydrogens is 452 g/mol. The molecule has 0 aromatic heterocycles. The Morgan fingerprint density at radius 2 is 1.48 bits per heavy atom. The first-order valence-corrected chi connectivity index (χ1v) is 11.1. The molecule has 1 N–H and O–H groups in total. The first kappa shape index (κ1) is 22.8. The summed E-state index contributed by atoms with van der Waals surface area (Å²) in [5, 5.41) is 2.75. The molecule has 0 saturated heterocycles. The Labute approximate surface area is 192 Å². The number of hydrogen-bond donors (Lipinski definition) is 1. The fourth-order valence-electron chi connectivity index (χ4n) is 3.49. The first-order chi connectivity index (χ1) is 15.0. The van der Waals surface area contributed by atoms with Crippen molar-refractivity contribution in [1.29, 1.82) is 0 Å². The van der Waals surface area contributed by atoms with Gasteiger partial charge in [-0.25, -0.2) is 0 Å². The number of rotatable bonds is 8. The van der Waals surface area contributed by atoms with Gasteiger partial charge < -0.3 is 10.2 Å². The standard InChI is InChI=1S/C26H27BrN2O2/c1-19-8-10-21(11-9-19)17-25(30)29(18-22-12-14-23(27)15-13-22)24(26(31)28-2)16-20-6-4-3-5-7-20/h3-15,24H,16-18H2,1-2H3,(H,28,31). The van der Waals surface area contributed by atoms with Crippen LogP contribution in [0.2, 0.25) is 0 Å². The predicted octanol–water partition coefficient (Wildman–Crippen LogP) is 4.69. The lowest BCUT2D eigenvalue weighted by Crippen LogP contribution is -2.50. The van der Waals surface area contributed by atoms with E-state index in [4.69, 9.17) is 0 Å². The summed E-state index contributed by atoms with van der Waals surface area (Å²) in [5.41, 5.74) is 4.07. The Morgan fingerprint density at radius 1 is 0.871 bits per heavy atom. The Bertz CT molecular complexity index is 1000. The average Bonchev–Trinajstić information content (AvgIpc) is 2.79. The second-order valence-corrected chi connectivity index (χ2v) is 8.55. The minimum absolute atomic E-state index is 0.0729. The molecule has 3 aromatic rings. The third-order valence-electron chi connectivity index (χ3n) is 5.26. The molecule has 5 heteroatoms. The molecule has 1 atom stereocenters. The van der Waals surface area contributed by atoms with Crippen LogP contribution in [0.3, 0.4) is 0 Å². The summed E-state index contributed by atoms with van der Waals surface area (Å²) >= 11 is 3.45. The first-order valence-electron chi connectivity index (χ1n) is 10.3. The van der Waals surface area contributed by atoms with Crippen LogP contribution in [0.1, 0.15) is 22.3 Å². The highest BCUT2D eigenvalue weighted by molar-refractivity contribution is 9.10. The van der Waals surface area contributed by atoms with Crippen LogP contribution in [0.4, 0.5) is 0 Å². The van der Waals surface area contributed by atoms with Gasteiger partial charge in [0.25, 0.3) is 0 Å². The number of benzene rings is 3. The van der Waals surface area contributed by atoms with Crippen LogP contribution in [-0.2, 0) is 29.0 Å². The van der Waals surface area contributed by atoms with Crippen molar-refractivity contribution in [3.05, 3.63) is 106 Å². The normalized spacial score (nSPS) is 11.6. The SMILES string of the molecule is CNC(=O)C(Cc1ccccc1)N(Cc1ccc(Br)cc1)C(=O)Cc1ccc(C)cc1. The van der Waals surface area contributed by atoms with Gasteiger partial charge in [0.2, 0.25) is 11.8 Å². The van der Waals surface area contributed by atoms with E-state index < -0.39 is 6.04 Å². The Kier molecular flexibility index (Phi) is 8.01. The number of likely N-dealkylation sites (N-methyl/N-ethyl adjacent to an activating group) is 1. The van der Waals surface area contributed by atoms with E-state index in [1.165, 1.54) is 0 Å². The maximum absolute atomic E-state index is 13.5. The molecule has 0 fully saturated rings. The molecule has 0 heterocycles. The van der Waals surface area contributed by atoms with Gasteiger partial charge in [-0.1, -0.05) is 88.2 Å². The van der Waals surface area contributed by atoms with Gasteiger partial charge in [0.15, 0.2) is 0 Å². The van der Waals surface area contributed by atoms with E-state index in [0.29, 0.717) is 13.0 Å². The topological polar surface area (TPSA) is 49.4 Å². The fourth-order valence-corrected chi connectivity index (χ4v) is 3.75. The molecule has 1 unspecified atom stereocenters. The molecule has 0 aliphatic rings. The van der Waals surface area contributed by atoms with Crippen molar-refractivity contribution in [3.63, 3.8) is 0 Å². The minimum atomic E-state index is -0.603. The number of carbonyl (C=O) groups is 2. The number of nitrogens with zero attached hydrogens (tertiary/aromatic N) is 1. The Morgan fingerprint density at radius 3 is 2.10 bits per heavy atom. The molecule has 160 valence electrons. The van der Waals surface area contributed by atoms with Crippen LogP contribution in [-0.4, -0.2) is 29.8 Å². The molecule has 0 radical (unpaired) electrons. The molecule has 3 aromatic carbocycles. The van der Waals surface area contributed by atoms with Gasteiger partial charge in [-0.3, -0.25) is 9.59 Å². The van der Waals surface area contributed by atoms with E-state index >= 15 is 0 Å². The maximum atomic E-state index is 13.5. The molecule has 0 aliphatic heterocycles. The molecule has 3 rings (SSSR count). The van der Waals surface area contributed by atoms with Crippen LogP contribution < -0.4 is 5.32 Å². The summed E-state index contributed by atoms with van der Waals surface area (Å²) in [5.74, 6) is -0.241. The van der Waals surface area contributed by atoms with Gasteiger partial charge in [-0.2, -0.15) is 0 Å². The highest BCUT2D eigenvalue weighted by atomic mass is 79.9. The van der Waals surface area contributed by atoms with Gasteiger partial charge in [-0.15, -0.1) is 0 Å². The summed E-state index contributed by atoms with van der Waals surface area (Å²) in [6.45, 7) is 2.38. The number of nitrogens with one attached hydrogen (secondary N) is 1. The monoisotopic (exact) mass is 478 g/mol. The lowest BCUT2D eigenvalue weighted by atomic mass is 10.0. The largest absolute Gasteiger partial charge is 0.357 e. The van der Waals surface area contributed by atoms with Gasteiger partial charge >= 0.3 is 0 Å². The van der Waals surface area contributed by atoms with E-state index in [0.717, 1.165) is 26.7 Å². The van der Waals surface area contributed by atoms with Crippen LogP contribution in [0, 0.1) is 6.92 Å². The average molecular weight is 479 g/mol. The number of aryl methyl sites for hydroxylation is 1. The highest BCUT2D eigenvalue weighted by Gasteiger charge is 2.29. The maximum Gasteiger partial charge on any atom is 0.242 e. The zero-order valence-corrected chi connectivity index (χ0v) is 19.4. The Balaban J connectivity index is 1.92. The van der Waals surface area contributed by atoms with Crippen molar-refractivity contribution in [3.8, 4) is 0 Å². The van der Waals surface area contributed by atoms with E-state index in [1.54, 1.807) is 11.9 Å². The van der Waals surface area contributed by atoms with Crippen molar-refractivity contribution in [2.75, 3.05) is 7.05 Å². The predicted molar refractivity (Wildman–Crippen MR) is 128 cm³/mol. The van der Waals surface area contributed by atoms with Gasteiger partial charge in [0, 0.05) is 24.5 Å². The summed E-state index contributed by atoms with van der Waals surface area (Å²) in [7, 11) is 1.61. The van der Waals surface area contributed by atoms with Gasteiger partial charge in [-0.05, 0) is 35.7 Å². The van der Waals surface area contributed by atoms with Crippen molar-refractivity contribution in [1.82, 2.24) is 10.2 Å². The number of carbonyl (C=O) groups excluding carboxylic acids is 2. The molecule has 0 bridgehead atoms. The second kappa shape index (κ2) is 10.9. The van der Waals surface area contributed by atoms with Crippen molar-refractivity contribution in [2.45, 2.75) is 32.4 Å². The smallest absolute Gasteiger partial charge is 0.242 e. The number of amides is 2. The van der Waals surface area contributed by atoms with Crippen LogP contribution >= 0.6 is 15.9 Å². The lowest BCUT2D eigenvalue weighted by Gasteiger charge is -2.31. The fraction of sp³-hybridized carbons (Fsp3) is 0.231. The third-order valence-corrected chi connectivity index (χ3v) is 5.79. The Hall–Kier alpha value is -2.92. The summed E-state index contributed by atoms with van der Waals surface area (Å²) in [6, 6.07) is 25.0. The van der Waals surface area contributed by atoms with Crippen molar-refractivity contribution in [2.24, 2.45) is 0 Å². The quantitative estimate of drug-likeness (QED) is 0.510. The zero-order valence-electron chi connectivity index (χ0n) is 17.8. The van der Waals surface area contributed by atoms with Crippen molar-refractivity contribution >= 4 is 27.7 Å². The van der Waals surface area contributed by atoms with E-state index in [2.05, 4.69) is 21.2 Å². The van der Waals surface area contributed by atoms with E-state index in [9.17, 15) is 9.59 Å². The minimum Gasteiger partial charge on any atom is -0.357 e.